The largest absolute Gasteiger partial charge is 0.448 e. The van der Waals surface area contributed by atoms with E-state index in [1.165, 1.54) is 29.2 Å². The fourth-order valence-electron chi connectivity index (χ4n) is 4.71. The van der Waals surface area contributed by atoms with Crippen LogP contribution in [0, 0.1) is 5.41 Å². The maximum absolute atomic E-state index is 12.0. The van der Waals surface area contributed by atoms with Crippen LogP contribution in [-0.4, -0.2) is 14.3 Å². The Balaban J connectivity index is 1.44. The van der Waals surface area contributed by atoms with E-state index in [2.05, 4.69) is 29.6 Å². The van der Waals surface area contributed by atoms with Crippen molar-refractivity contribution in [3.05, 3.63) is 114 Å². The Kier molecular flexibility index (Phi) is 5.13. The van der Waals surface area contributed by atoms with E-state index in [-0.39, 0.29) is 10.7 Å². The smallest absolute Gasteiger partial charge is 0.238 e. The van der Waals surface area contributed by atoms with Gasteiger partial charge >= 0.3 is 0 Å². The summed E-state index contributed by atoms with van der Waals surface area (Å²) in [6.45, 7) is 0. The van der Waals surface area contributed by atoms with Crippen molar-refractivity contribution in [3.8, 4) is 11.1 Å². The molecule has 0 aliphatic carbocycles. The Hall–Kier alpha value is -4.40. The quantitative estimate of drug-likeness (QED) is 0.297. The number of anilines is 2. The number of fused-ring (bicyclic) bond motifs is 2. The molecule has 178 valence electrons. The van der Waals surface area contributed by atoms with Crippen LogP contribution in [0.4, 0.5) is 11.6 Å². The van der Waals surface area contributed by atoms with E-state index in [0.717, 1.165) is 16.8 Å². The number of furan rings is 1. The highest BCUT2D eigenvalue weighted by molar-refractivity contribution is 7.89. The highest BCUT2D eigenvalue weighted by atomic mass is 32.2. The molecule has 2 heterocycles. The first kappa shape index (κ1) is 22.1. The molecule has 0 amide bonds. The lowest BCUT2D eigenvalue weighted by Gasteiger charge is -2.38. The number of hydrogen-bond acceptors (Lipinski definition) is 5. The van der Waals surface area contributed by atoms with Crippen LogP contribution < -0.4 is 15.4 Å². The van der Waals surface area contributed by atoms with Crippen molar-refractivity contribution < 1.29 is 12.8 Å². The lowest BCUT2D eigenvalue weighted by molar-refractivity contribution is 0.564. The zero-order chi connectivity index (χ0) is 24.9. The molecule has 1 unspecified atom stereocenters. The molecule has 7 nitrogen and oxygen atoms in total. The molecule has 36 heavy (non-hydrogen) atoms. The summed E-state index contributed by atoms with van der Waals surface area (Å²) in [7, 11) is -3.89. The van der Waals surface area contributed by atoms with Crippen molar-refractivity contribution in [3.63, 3.8) is 0 Å². The second kappa shape index (κ2) is 8.37. The number of amidine groups is 1. The van der Waals surface area contributed by atoms with Crippen LogP contribution in [0.25, 0.3) is 21.9 Å². The minimum absolute atomic E-state index is 0.00447. The molecule has 1 aliphatic rings. The average molecular weight is 495 g/mol. The molecule has 0 spiro atoms. The molecule has 8 heteroatoms. The van der Waals surface area contributed by atoms with Gasteiger partial charge in [0.25, 0.3) is 0 Å². The van der Waals surface area contributed by atoms with Gasteiger partial charge in [0.05, 0.1) is 16.7 Å². The van der Waals surface area contributed by atoms with Gasteiger partial charge in [-0.1, -0.05) is 66.7 Å². The van der Waals surface area contributed by atoms with Gasteiger partial charge < -0.3 is 14.6 Å². The lowest BCUT2D eigenvalue weighted by atomic mass is 9.98. The number of nitrogens with one attached hydrogen (secondary N) is 2. The predicted octanol–water partition coefficient (Wildman–Crippen LogP) is 5.70. The Morgan fingerprint density at radius 1 is 0.861 bits per heavy atom. The highest BCUT2D eigenvalue weighted by Crippen LogP contribution is 2.38. The Labute approximate surface area is 208 Å². The fourth-order valence-corrected chi connectivity index (χ4v) is 5.27. The van der Waals surface area contributed by atoms with Gasteiger partial charge in [0.2, 0.25) is 15.9 Å². The zero-order valence-electron chi connectivity index (χ0n) is 19.0. The third-order valence-electron chi connectivity index (χ3n) is 6.44. The maximum atomic E-state index is 12.0. The summed E-state index contributed by atoms with van der Waals surface area (Å²) >= 11 is 0. The van der Waals surface area contributed by atoms with Gasteiger partial charge in [0.15, 0.2) is 0 Å². The summed E-state index contributed by atoms with van der Waals surface area (Å²) in [6.07, 6.45) is 0.943. The van der Waals surface area contributed by atoms with E-state index in [9.17, 15) is 8.42 Å². The maximum Gasteiger partial charge on any atom is 0.238 e. The van der Waals surface area contributed by atoms with Crippen molar-refractivity contribution in [2.45, 2.75) is 11.1 Å². The number of benzene rings is 4. The lowest BCUT2D eigenvalue weighted by Crippen LogP contribution is -2.42. The second-order valence-electron chi connectivity index (χ2n) is 8.62. The van der Waals surface area contributed by atoms with Crippen molar-refractivity contribution in [1.82, 2.24) is 0 Å². The van der Waals surface area contributed by atoms with Crippen molar-refractivity contribution in [2.24, 2.45) is 5.14 Å². The zero-order valence-corrected chi connectivity index (χ0v) is 19.9. The van der Waals surface area contributed by atoms with E-state index >= 15 is 0 Å². The molecule has 0 bridgehead atoms. The molecular formula is C28H22N4O3S. The van der Waals surface area contributed by atoms with Crippen LogP contribution in [0.15, 0.2) is 113 Å². The number of primary sulfonamides is 1. The van der Waals surface area contributed by atoms with E-state index in [1.807, 2.05) is 47.4 Å². The Morgan fingerprint density at radius 3 is 2.42 bits per heavy atom. The minimum Gasteiger partial charge on any atom is -0.448 e. The van der Waals surface area contributed by atoms with Crippen LogP contribution in [0.5, 0.6) is 0 Å². The van der Waals surface area contributed by atoms with Crippen molar-refractivity contribution in [2.75, 3.05) is 10.2 Å². The monoisotopic (exact) mass is 494 g/mol. The summed E-state index contributed by atoms with van der Waals surface area (Å²) in [4.78, 5) is 1.82. The normalized spacial score (nSPS) is 15.5. The van der Waals surface area contributed by atoms with Crippen LogP contribution in [0.2, 0.25) is 0 Å². The van der Waals surface area contributed by atoms with Crippen LogP contribution in [-0.2, 0) is 10.0 Å². The van der Waals surface area contributed by atoms with Gasteiger partial charge in [-0.2, -0.15) is 0 Å². The van der Waals surface area contributed by atoms with Gasteiger partial charge in [-0.15, -0.1) is 0 Å². The van der Waals surface area contributed by atoms with E-state index < -0.39 is 16.2 Å². The Morgan fingerprint density at radius 2 is 1.61 bits per heavy atom. The number of hydrogen-bond donors (Lipinski definition) is 3. The van der Waals surface area contributed by atoms with Gasteiger partial charge in [0, 0.05) is 5.69 Å². The summed E-state index contributed by atoms with van der Waals surface area (Å²) in [5, 5.41) is 20.0. The molecular weight excluding hydrogens is 472 g/mol. The predicted molar refractivity (Wildman–Crippen MR) is 142 cm³/mol. The van der Waals surface area contributed by atoms with E-state index in [1.54, 1.807) is 18.2 Å². The average Bonchev–Trinajstić information content (AvgIpc) is 3.37. The van der Waals surface area contributed by atoms with Gasteiger partial charge in [0.1, 0.15) is 12.0 Å². The fraction of sp³-hybridized carbons (Fsp3) is 0.0357. The standard InChI is InChI=1S/C28H22N4O3S/c29-26-25-15-16-35-28(25)31-27(20-7-3-8-22(17-20)36(30,33)34)32(26)21-13-11-19(12-14-21)24-10-4-6-18-5-1-2-9-23(18)24/h1-17,27,29,31H,(H2,30,33,34). The molecule has 0 radical (unpaired) electrons. The minimum atomic E-state index is -3.89. The molecule has 5 aromatic rings. The van der Waals surface area contributed by atoms with Crippen molar-refractivity contribution in [1.29, 1.82) is 5.41 Å². The van der Waals surface area contributed by atoms with Gasteiger partial charge in [-0.05, 0) is 57.8 Å². The topological polar surface area (TPSA) is 112 Å². The molecule has 4 N–H and O–H groups in total. The number of nitrogens with zero attached hydrogens (tertiary/aromatic N) is 1. The second-order valence-corrected chi connectivity index (χ2v) is 10.2. The molecule has 6 rings (SSSR count). The molecule has 0 saturated heterocycles. The molecule has 0 fully saturated rings. The van der Waals surface area contributed by atoms with Gasteiger partial charge in [-0.3, -0.25) is 5.41 Å². The van der Waals surface area contributed by atoms with Crippen LogP contribution in [0.3, 0.4) is 0 Å². The van der Waals surface area contributed by atoms with Crippen molar-refractivity contribution >= 4 is 38.2 Å². The molecule has 1 atom stereocenters. The first-order valence-corrected chi connectivity index (χ1v) is 12.9. The molecule has 4 aromatic carbocycles. The number of nitrogens with two attached hydrogens (primary N) is 1. The number of rotatable bonds is 4. The van der Waals surface area contributed by atoms with Crippen LogP contribution >= 0.6 is 0 Å². The summed E-state index contributed by atoms with van der Waals surface area (Å²) in [5.41, 5.74) is 4.21. The highest BCUT2D eigenvalue weighted by Gasteiger charge is 2.34. The van der Waals surface area contributed by atoms with Crippen LogP contribution in [0.1, 0.15) is 17.3 Å². The first-order valence-electron chi connectivity index (χ1n) is 11.3. The number of sulfonamides is 1. The molecule has 1 aliphatic heterocycles. The van der Waals surface area contributed by atoms with E-state index in [4.69, 9.17) is 15.0 Å². The molecule has 0 saturated carbocycles. The summed E-state index contributed by atoms with van der Waals surface area (Å²) in [6, 6.07) is 30.6. The Bertz CT molecular complexity index is 1720. The van der Waals surface area contributed by atoms with E-state index in [0.29, 0.717) is 17.0 Å². The third kappa shape index (κ3) is 3.73. The first-order chi connectivity index (χ1) is 17.4. The molecule has 1 aromatic heterocycles. The SMILES string of the molecule is N=C1c2ccoc2NC(c2cccc(S(N)(=O)=O)c2)N1c1ccc(-c2cccc3ccccc23)cc1. The van der Waals surface area contributed by atoms with Gasteiger partial charge in [-0.25, -0.2) is 13.6 Å². The third-order valence-corrected chi connectivity index (χ3v) is 7.35. The summed E-state index contributed by atoms with van der Waals surface area (Å²) < 4.78 is 29.5. The summed E-state index contributed by atoms with van der Waals surface area (Å²) in [5.74, 6) is 0.691.